The number of methoxy groups -OCH3 is 1. The van der Waals surface area contributed by atoms with Gasteiger partial charge in [-0.15, -0.1) is 11.3 Å². The Morgan fingerprint density at radius 1 is 1.42 bits per heavy atom. The number of rotatable bonds is 6. The van der Waals surface area contributed by atoms with Gasteiger partial charge in [-0.05, 0) is 24.7 Å². The molecule has 1 amide bonds. The summed E-state index contributed by atoms with van der Waals surface area (Å²) in [6.07, 6.45) is 0.864. The summed E-state index contributed by atoms with van der Waals surface area (Å²) in [5.41, 5.74) is 1.29. The van der Waals surface area contributed by atoms with Gasteiger partial charge in [0.15, 0.2) is 16.6 Å². The third-order valence-corrected chi connectivity index (χ3v) is 5.12. The molecule has 3 rings (SSSR count). The van der Waals surface area contributed by atoms with E-state index in [1.165, 1.54) is 36.6 Å². The van der Waals surface area contributed by atoms with Crippen molar-refractivity contribution >= 4 is 22.4 Å². The minimum atomic E-state index is -2.96. The number of ether oxygens (including phenoxy) is 2. The Kier molecular flexibility index (Phi) is 5.67. The molecular weight excluding hydrogens is 364 g/mol. The molecule has 6 nitrogen and oxygen atoms in total. The number of anilines is 1. The first-order chi connectivity index (χ1) is 12.5. The lowest BCUT2D eigenvalue weighted by molar-refractivity contribution is -0.0512. The summed E-state index contributed by atoms with van der Waals surface area (Å²) in [5, 5.41) is 3.30. The number of hydrogen-bond acceptors (Lipinski definition) is 6. The molecule has 0 saturated heterocycles. The van der Waals surface area contributed by atoms with Gasteiger partial charge in [-0.3, -0.25) is 15.0 Å². The monoisotopic (exact) mass is 383 g/mol. The number of amides is 1. The summed E-state index contributed by atoms with van der Waals surface area (Å²) in [6, 6.07) is 4.05. The summed E-state index contributed by atoms with van der Waals surface area (Å²) in [7, 11) is 1.32. The predicted molar refractivity (Wildman–Crippen MR) is 94.3 cm³/mol. The van der Waals surface area contributed by atoms with E-state index in [2.05, 4.69) is 26.9 Å². The molecule has 0 fully saturated rings. The molecule has 1 aromatic heterocycles. The van der Waals surface area contributed by atoms with Crippen LogP contribution >= 0.6 is 11.3 Å². The Bertz CT molecular complexity index is 798. The van der Waals surface area contributed by atoms with Gasteiger partial charge in [0.05, 0.1) is 12.8 Å². The Morgan fingerprint density at radius 2 is 2.23 bits per heavy atom. The van der Waals surface area contributed by atoms with Crippen LogP contribution in [0.15, 0.2) is 18.2 Å². The third kappa shape index (κ3) is 4.10. The Labute approximate surface area is 153 Å². The van der Waals surface area contributed by atoms with Crippen molar-refractivity contribution in [1.82, 2.24) is 9.88 Å². The molecule has 0 spiro atoms. The number of carbonyl (C=O) groups is 1. The number of aromatic nitrogens is 1. The van der Waals surface area contributed by atoms with Gasteiger partial charge in [0.1, 0.15) is 0 Å². The van der Waals surface area contributed by atoms with Crippen molar-refractivity contribution < 1.29 is 23.0 Å². The second-order valence-corrected chi connectivity index (χ2v) is 6.79. The molecule has 1 N–H and O–H groups in total. The predicted octanol–water partition coefficient (Wildman–Crippen LogP) is 3.38. The highest BCUT2D eigenvalue weighted by Crippen LogP contribution is 2.31. The fraction of sp³-hybridized carbons (Fsp3) is 0.412. The molecule has 0 aliphatic carbocycles. The normalized spacial score (nSPS) is 14.2. The van der Waals surface area contributed by atoms with Gasteiger partial charge >= 0.3 is 6.61 Å². The first-order valence-corrected chi connectivity index (χ1v) is 8.97. The lowest BCUT2D eigenvalue weighted by Crippen LogP contribution is -2.29. The number of carbonyl (C=O) groups excluding carboxylic acids is 1. The van der Waals surface area contributed by atoms with E-state index in [4.69, 9.17) is 4.74 Å². The van der Waals surface area contributed by atoms with Gasteiger partial charge in [-0.2, -0.15) is 8.78 Å². The average Bonchev–Trinajstić information content (AvgIpc) is 3.02. The van der Waals surface area contributed by atoms with Crippen LogP contribution in [0.2, 0.25) is 0 Å². The molecule has 1 aliphatic rings. The van der Waals surface area contributed by atoms with Crippen molar-refractivity contribution in [2.45, 2.75) is 26.5 Å². The summed E-state index contributed by atoms with van der Waals surface area (Å²) < 4.78 is 34.1. The Morgan fingerprint density at radius 3 is 2.92 bits per heavy atom. The molecular formula is C17H19F2N3O3S. The minimum absolute atomic E-state index is 0.0648. The molecule has 140 valence electrons. The van der Waals surface area contributed by atoms with Crippen LogP contribution in [0.1, 0.15) is 27.9 Å². The zero-order valence-corrected chi connectivity index (χ0v) is 15.2. The molecule has 0 unspecified atom stereocenters. The molecule has 26 heavy (non-hydrogen) atoms. The minimum Gasteiger partial charge on any atom is -0.493 e. The number of likely N-dealkylation sites (N-methyl/N-ethyl adjacent to an activating group) is 1. The lowest BCUT2D eigenvalue weighted by atomic mass is 10.2. The number of thiazole rings is 1. The summed E-state index contributed by atoms with van der Waals surface area (Å²) >= 11 is 1.46. The van der Waals surface area contributed by atoms with Crippen molar-refractivity contribution in [2.75, 3.05) is 25.5 Å². The van der Waals surface area contributed by atoms with E-state index in [-0.39, 0.29) is 23.0 Å². The SMILES string of the molecule is CCN1CCc2nc(NC(=O)c3ccc(OC(F)F)c(OC)c3)sc2C1. The van der Waals surface area contributed by atoms with Gasteiger partial charge in [0.25, 0.3) is 5.91 Å². The van der Waals surface area contributed by atoms with Crippen LogP contribution in [0.3, 0.4) is 0 Å². The number of benzene rings is 1. The molecule has 0 saturated carbocycles. The van der Waals surface area contributed by atoms with Crippen LogP contribution in [0.25, 0.3) is 0 Å². The fourth-order valence-electron chi connectivity index (χ4n) is 2.74. The first-order valence-electron chi connectivity index (χ1n) is 8.15. The van der Waals surface area contributed by atoms with E-state index in [0.717, 1.165) is 36.6 Å². The van der Waals surface area contributed by atoms with Gasteiger partial charge in [0, 0.05) is 30.0 Å². The molecule has 1 aliphatic heterocycles. The first kappa shape index (κ1) is 18.5. The van der Waals surface area contributed by atoms with Crippen molar-refractivity contribution in [3.63, 3.8) is 0 Å². The topological polar surface area (TPSA) is 63.7 Å². The molecule has 9 heteroatoms. The zero-order valence-electron chi connectivity index (χ0n) is 14.4. The molecule has 1 aromatic carbocycles. The largest absolute Gasteiger partial charge is 0.493 e. The van der Waals surface area contributed by atoms with E-state index >= 15 is 0 Å². The van der Waals surface area contributed by atoms with Crippen molar-refractivity contribution in [1.29, 1.82) is 0 Å². The maximum Gasteiger partial charge on any atom is 0.387 e. The van der Waals surface area contributed by atoms with E-state index in [9.17, 15) is 13.6 Å². The second kappa shape index (κ2) is 7.96. The lowest BCUT2D eigenvalue weighted by Gasteiger charge is -2.23. The van der Waals surface area contributed by atoms with Crippen LogP contribution in [-0.4, -0.2) is 42.6 Å². The maximum atomic E-state index is 12.4. The highest BCUT2D eigenvalue weighted by atomic mass is 32.1. The summed E-state index contributed by atoms with van der Waals surface area (Å²) in [5.74, 6) is -0.441. The van der Waals surface area contributed by atoms with Crippen LogP contribution in [0, 0.1) is 0 Å². The number of nitrogens with zero attached hydrogens (tertiary/aromatic N) is 2. The molecule has 0 bridgehead atoms. The summed E-state index contributed by atoms with van der Waals surface area (Å²) in [4.78, 5) is 20.4. The van der Waals surface area contributed by atoms with E-state index < -0.39 is 6.61 Å². The zero-order chi connectivity index (χ0) is 18.7. The molecule has 2 heterocycles. The Hall–Kier alpha value is -2.26. The highest BCUT2D eigenvalue weighted by Gasteiger charge is 2.21. The van der Waals surface area contributed by atoms with Crippen LogP contribution < -0.4 is 14.8 Å². The van der Waals surface area contributed by atoms with E-state index in [0.29, 0.717) is 5.13 Å². The van der Waals surface area contributed by atoms with E-state index in [1.54, 1.807) is 0 Å². The second-order valence-electron chi connectivity index (χ2n) is 5.71. The van der Waals surface area contributed by atoms with Crippen molar-refractivity contribution in [3.8, 4) is 11.5 Å². The van der Waals surface area contributed by atoms with Crippen molar-refractivity contribution in [3.05, 3.63) is 34.3 Å². The van der Waals surface area contributed by atoms with Gasteiger partial charge in [0.2, 0.25) is 0 Å². The smallest absolute Gasteiger partial charge is 0.387 e. The fourth-order valence-corrected chi connectivity index (χ4v) is 3.79. The third-order valence-electron chi connectivity index (χ3n) is 4.12. The van der Waals surface area contributed by atoms with Gasteiger partial charge < -0.3 is 9.47 Å². The summed E-state index contributed by atoms with van der Waals surface area (Å²) in [6.45, 7) is 1.93. The van der Waals surface area contributed by atoms with Crippen LogP contribution in [0.5, 0.6) is 11.5 Å². The van der Waals surface area contributed by atoms with Crippen LogP contribution in [0.4, 0.5) is 13.9 Å². The van der Waals surface area contributed by atoms with E-state index in [1.807, 2.05) is 0 Å². The number of hydrogen-bond donors (Lipinski definition) is 1. The van der Waals surface area contributed by atoms with Crippen molar-refractivity contribution in [2.24, 2.45) is 0 Å². The standard InChI is InChI=1S/C17H19F2N3O3S/c1-3-22-7-6-11-14(9-22)26-17(20-11)21-15(23)10-4-5-12(25-16(18)19)13(8-10)24-2/h4-5,8,16H,3,6-7,9H2,1-2H3,(H,20,21,23). The quantitative estimate of drug-likeness (QED) is 0.829. The number of nitrogens with one attached hydrogen (secondary N) is 1. The average molecular weight is 383 g/mol. The number of halogens is 2. The number of alkyl halides is 2. The van der Waals surface area contributed by atoms with Gasteiger partial charge in [-0.1, -0.05) is 6.92 Å². The number of fused-ring (bicyclic) bond motifs is 1. The molecule has 2 aromatic rings. The molecule has 0 atom stereocenters. The maximum absolute atomic E-state index is 12.4. The van der Waals surface area contributed by atoms with Crippen LogP contribution in [-0.2, 0) is 13.0 Å². The van der Waals surface area contributed by atoms with Gasteiger partial charge in [-0.25, -0.2) is 4.98 Å². The molecule has 0 radical (unpaired) electrons. The highest BCUT2D eigenvalue weighted by molar-refractivity contribution is 7.15. The Balaban J connectivity index is 1.73.